The molecule has 0 aliphatic heterocycles. The van der Waals surface area contributed by atoms with Crippen LogP contribution < -0.4 is 5.32 Å². The minimum absolute atomic E-state index is 0.0540. The number of aromatic nitrogens is 3. The molecular formula is C21H16ClFN4O2S. The number of nitrogens with one attached hydrogen (secondary N) is 1. The first-order chi connectivity index (χ1) is 14.5. The lowest BCUT2D eigenvalue weighted by molar-refractivity contribution is -0.113. The summed E-state index contributed by atoms with van der Waals surface area (Å²) in [5.74, 6) is 0.410. The van der Waals surface area contributed by atoms with Crippen LogP contribution in [0.2, 0.25) is 5.02 Å². The number of rotatable bonds is 7. The summed E-state index contributed by atoms with van der Waals surface area (Å²) in [5.41, 5.74) is 1.18. The van der Waals surface area contributed by atoms with Gasteiger partial charge in [-0.3, -0.25) is 9.36 Å². The zero-order valence-corrected chi connectivity index (χ0v) is 17.2. The molecule has 0 saturated heterocycles. The van der Waals surface area contributed by atoms with Gasteiger partial charge in [0.2, 0.25) is 11.7 Å². The summed E-state index contributed by atoms with van der Waals surface area (Å²) in [6, 6.07) is 13.6. The Labute approximate surface area is 180 Å². The van der Waals surface area contributed by atoms with E-state index in [1.54, 1.807) is 6.08 Å². The van der Waals surface area contributed by atoms with Crippen LogP contribution in [0.25, 0.3) is 22.6 Å². The molecule has 0 fully saturated rings. The highest BCUT2D eigenvalue weighted by Gasteiger charge is 2.18. The third kappa shape index (κ3) is 4.24. The second-order valence-corrected chi connectivity index (χ2v) is 7.67. The van der Waals surface area contributed by atoms with Crippen LogP contribution in [0, 0.1) is 5.82 Å². The molecule has 0 bridgehead atoms. The number of amides is 1. The Morgan fingerprint density at radius 3 is 2.87 bits per heavy atom. The van der Waals surface area contributed by atoms with Crippen molar-refractivity contribution in [3.8, 4) is 11.6 Å². The predicted molar refractivity (Wildman–Crippen MR) is 116 cm³/mol. The van der Waals surface area contributed by atoms with Gasteiger partial charge in [0.25, 0.3) is 0 Å². The molecule has 0 unspecified atom stereocenters. The second kappa shape index (κ2) is 8.73. The van der Waals surface area contributed by atoms with E-state index in [2.05, 4.69) is 22.1 Å². The van der Waals surface area contributed by atoms with Crippen molar-refractivity contribution >= 4 is 45.9 Å². The summed E-state index contributed by atoms with van der Waals surface area (Å²) in [6.07, 6.45) is 1.72. The molecule has 4 rings (SSSR count). The summed E-state index contributed by atoms with van der Waals surface area (Å²) < 4.78 is 21.0. The molecule has 9 heteroatoms. The van der Waals surface area contributed by atoms with E-state index in [4.69, 9.17) is 16.0 Å². The minimum atomic E-state index is -0.542. The third-order valence-corrected chi connectivity index (χ3v) is 5.47. The Bertz CT molecular complexity index is 1200. The highest BCUT2D eigenvalue weighted by molar-refractivity contribution is 7.99. The van der Waals surface area contributed by atoms with Crippen molar-refractivity contribution in [1.29, 1.82) is 0 Å². The number of para-hydroxylation sites is 1. The molecule has 2 heterocycles. The van der Waals surface area contributed by atoms with E-state index < -0.39 is 5.82 Å². The number of hydrogen-bond acceptors (Lipinski definition) is 5. The van der Waals surface area contributed by atoms with Crippen molar-refractivity contribution in [3.05, 3.63) is 72.0 Å². The van der Waals surface area contributed by atoms with Crippen LogP contribution in [0.4, 0.5) is 10.1 Å². The number of anilines is 1. The van der Waals surface area contributed by atoms with Crippen LogP contribution in [0.5, 0.6) is 0 Å². The van der Waals surface area contributed by atoms with E-state index in [0.717, 1.165) is 11.0 Å². The van der Waals surface area contributed by atoms with Crippen LogP contribution in [-0.4, -0.2) is 26.4 Å². The number of hydrogen-bond donors (Lipinski definition) is 1. The molecule has 1 amide bonds. The predicted octanol–water partition coefficient (Wildman–Crippen LogP) is 5.40. The van der Waals surface area contributed by atoms with Gasteiger partial charge >= 0.3 is 0 Å². The smallest absolute Gasteiger partial charge is 0.234 e. The highest BCUT2D eigenvalue weighted by Crippen LogP contribution is 2.29. The fourth-order valence-corrected chi connectivity index (χ4v) is 3.79. The minimum Gasteiger partial charge on any atom is -0.453 e. The number of carbonyl (C=O) groups is 1. The molecule has 0 spiro atoms. The average Bonchev–Trinajstić information content (AvgIpc) is 3.33. The number of halogens is 2. The molecule has 0 aliphatic carbocycles. The first-order valence-electron chi connectivity index (χ1n) is 8.96. The molecule has 0 saturated carbocycles. The molecule has 152 valence electrons. The zero-order valence-electron chi connectivity index (χ0n) is 15.6. The summed E-state index contributed by atoms with van der Waals surface area (Å²) >= 11 is 6.97. The largest absolute Gasteiger partial charge is 0.453 e. The number of furan rings is 1. The molecule has 2 aromatic carbocycles. The number of nitrogens with zero attached hydrogens (tertiary/aromatic N) is 3. The Kier molecular flexibility index (Phi) is 5.87. The fourth-order valence-electron chi connectivity index (χ4n) is 2.86. The summed E-state index contributed by atoms with van der Waals surface area (Å²) in [4.78, 5) is 12.3. The molecule has 30 heavy (non-hydrogen) atoms. The third-order valence-electron chi connectivity index (χ3n) is 4.21. The second-order valence-electron chi connectivity index (χ2n) is 6.32. The van der Waals surface area contributed by atoms with Crippen LogP contribution in [0.15, 0.2) is 70.8 Å². The monoisotopic (exact) mass is 442 g/mol. The normalized spacial score (nSPS) is 11.0. The molecule has 6 nitrogen and oxygen atoms in total. The van der Waals surface area contributed by atoms with E-state index in [0.29, 0.717) is 29.0 Å². The lowest BCUT2D eigenvalue weighted by Gasteiger charge is -2.07. The molecule has 4 aromatic rings. The summed E-state index contributed by atoms with van der Waals surface area (Å²) in [6.45, 7) is 4.24. The number of benzene rings is 2. The maximum atomic E-state index is 13.3. The van der Waals surface area contributed by atoms with Crippen LogP contribution in [-0.2, 0) is 11.3 Å². The number of thioether (sulfide) groups is 1. The van der Waals surface area contributed by atoms with Gasteiger partial charge < -0.3 is 9.73 Å². The van der Waals surface area contributed by atoms with E-state index in [1.807, 2.05) is 34.9 Å². The van der Waals surface area contributed by atoms with Crippen LogP contribution in [0.3, 0.4) is 0 Å². The number of allylic oxidation sites excluding steroid dienone is 1. The number of carbonyl (C=O) groups excluding carboxylic acids is 1. The molecule has 0 radical (unpaired) electrons. The van der Waals surface area contributed by atoms with E-state index in [9.17, 15) is 9.18 Å². The fraction of sp³-hybridized carbons (Fsp3) is 0.0952. The maximum Gasteiger partial charge on any atom is 0.234 e. The quantitative estimate of drug-likeness (QED) is 0.306. The van der Waals surface area contributed by atoms with Crippen molar-refractivity contribution < 1.29 is 13.6 Å². The van der Waals surface area contributed by atoms with Crippen molar-refractivity contribution in [2.24, 2.45) is 0 Å². The van der Waals surface area contributed by atoms with Gasteiger partial charge in [-0.25, -0.2) is 4.39 Å². The van der Waals surface area contributed by atoms with Crippen molar-refractivity contribution in [2.75, 3.05) is 11.1 Å². The van der Waals surface area contributed by atoms with Gasteiger partial charge in [-0.15, -0.1) is 16.8 Å². The average molecular weight is 443 g/mol. The van der Waals surface area contributed by atoms with Crippen LogP contribution in [0.1, 0.15) is 0 Å². The lowest BCUT2D eigenvalue weighted by atomic mass is 10.2. The van der Waals surface area contributed by atoms with Crippen molar-refractivity contribution in [1.82, 2.24) is 14.8 Å². The Morgan fingerprint density at radius 2 is 2.10 bits per heavy atom. The van der Waals surface area contributed by atoms with Gasteiger partial charge in [0, 0.05) is 17.6 Å². The van der Waals surface area contributed by atoms with Gasteiger partial charge in [-0.2, -0.15) is 0 Å². The van der Waals surface area contributed by atoms with Crippen LogP contribution >= 0.6 is 23.4 Å². The standard InChI is InChI=1S/C21H16ClFN4O2S/c1-2-9-27-20(18-10-13-5-3-4-6-17(13)29-18)25-26-21(27)30-12-19(28)24-14-7-8-16(23)15(22)11-14/h2-8,10-11H,1,9,12H2,(H,24,28). The van der Waals surface area contributed by atoms with Gasteiger partial charge in [0.15, 0.2) is 10.9 Å². The Hall–Kier alpha value is -3.10. The van der Waals surface area contributed by atoms with E-state index in [1.165, 1.54) is 30.0 Å². The van der Waals surface area contributed by atoms with Gasteiger partial charge in [0.1, 0.15) is 11.4 Å². The zero-order chi connectivity index (χ0) is 21.1. The van der Waals surface area contributed by atoms with Crippen molar-refractivity contribution in [3.63, 3.8) is 0 Å². The first kappa shape index (κ1) is 20.2. The molecular weight excluding hydrogens is 427 g/mol. The summed E-state index contributed by atoms with van der Waals surface area (Å²) in [5, 5.41) is 12.6. The molecule has 1 N–H and O–H groups in total. The van der Waals surface area contributed by atoms with E-state index >= 15 is 0 Å². The van der Waals surface area contributed by atoms with E-state index in [-0.39, 0.29) is 16.7 Å². The SMILES string of the molecule is C=CCn1c(SCC(=O)Nc2ccc(F)c(Cl)c2)nnc1-c1cc2ccccc2o1. The Balaban J connectivity index is 1.50. The Morgan fingerprint density at radius 1 is 1.27 bits per heavy atom. The maximum absolute atomic E-state index is 13.3. The summed E-state index contributed by atoms with van der Waals surface area (Å²) in [7, 11) is 0. The molecule has 2 aromatic heterocycles. The molecule has 0 aliphatic rings. The van der Waals surface area contributed by atoms with Crippen molar-refractivity contribution in [2.45, 2.75) is 11.7 Å². The van der Waals surface area contributed by atoms with Gasteiger partial charge in [0.05, 0.1) is 10.8 Å². The molecule has 0 atom stereocenters. The van der Waals surface area contributed by atoms with Gasteiger partial charge in [-0.05, 0) is 30.3 Å². The van der Waals surface area contributed by atoms with Gasteiger partial charge in [-0.1, -0.05) is 47.6 Å². The first-order valence-corrected chi connectivity index (χ1v) is 10.3. The lowest BCUT2D eigenvalue weighted by Crippen LogP contribution is -2.14. The number of fused-ring (bicyclic) bond motifs is 1. The topological polar surface area (TPSA) is 73.0 Å². The highest BCUT2D eigenvalue weighted by atomic mass is 35.5.